The Hall–Kier alpha value is -2.10. The van der Waals surface area contributed by atoms with Crippen LogP contribution in [0, 0.1) is 6.92 Å². The molecular formula is C13H13NO3. The number of hydrogen-bond acceptors (Lipinski definition) is 4. The molecule has 1 saturated heterocycles. The molecule has 0 atom stereocenters. The first kappa shape index (κ1) is 11.4. The number of rotatable bonds is 2. The molecule has 0 aromatic heterocycles. The fourth-order valence-corrected chi connectivity index (χ4v) is 1.52. The van der Waals surface area contributed by atoms with E-state index in [4.69, 9.17) is 4.74 Å². The average molecular weight is 231 g/mol. The molecule has 1 aliphatic rings. The van der Waals surface area contributed by atoms with Gasteiger partial charge in [-0.1, -0.05) is 29.8 Å². The second-order valence-electron chi connectivity index (χ2n) is 3.85. The number of ether oxygens (including phenoxy) is 1. The van der Waals surface area contributed by atoms with Crippen LogP contribution in [0.25, 0.3) is 0 Å². The molecule has 2 rings (SSSR count). The number of benzene rings is 1. The maximum absolute atomic E-state index is 11.8. The zero-order valence-corrected chi connectivity index (χ0v) is 9.53. The largest absolute Gasteiger partial charge is 0.459 e. The number of ketones is 1. The number of esters is 1. The predicted molar refractivity (Wildman–Crippen MR) is 62.6 cm³/mol. The van der Waals surface area contributed by atoms with Crippen molar-refractivity contribution in [2.24, 2.45) is 0 Å². The number of morpholine rings is 1. The fourth-order valence-electron chi connectivity index (χ4n) is 1.52. The van der Waals surface area contributed by atoms with Gasteiger partial charge in [0.1, 0.15) is 12.3 Å². The summed E-state index contributed by atoms with van der Waals surface area (Å²) in [6, 6.07) is 7.20. The van der Waals surface area contributed by atoms with E-state index in [9.17, 15) is 9.59 Å². The minimum Gasteiger partial charge on any atom is -0.459 e. The summed E-state index contributed by atoms with van der Waals surface area (Å²) in [4.78, 5) is 23.2. The van der Waals surface area contributed by atoms with Crippen molar-refractivity contribution in [3.8, 4) is 0 Å². The highest BCUT2D eigenvalue weighted by Gasteiger charge is 2.17. The number of cyclic esters (lactones) is 1. The third kappa shape index (κ3) is 2.72. The molecule has 1 aliphatic heterocycles. The smallest absolute Gasteiger partial charge is 0.354 e. The Labute approximate surface area is 99.3 Å². The van der Waals surface area contributed by atoms with Crippen LogP contribution in [-0.2, 0) is 9.53 Å². The van der Waals surface area contributed by atoms with Crippen molar-refractivity contribution in [2.75, 3.05) is 13.2 Å². The summed E-state index contributed by atoms with van der Waals surface area (Å²) in [5.74, 6) is -0.678. The van der Waals surface area contributed by atoms with Gasteiger partial charge in [-0.05, 0) is 6.92 Å². The minimum absolute atomic E-state index is 0.202. The predicted octanol–water partition coefficient (Wildman–Crippen LogP) is 1.21. The second-order valence-corrected chi connectivity index (χ2v) is 3.85. The molecule has 4 heteroatoms. The number of nitrogens with one attached hydrogen (secondary N) is 1. The second kappa shape index (κ2) is 4.82. The maximum atomic E-state index is 11.8. The van der Waals surface area contributed by atoms with Crippen LogP contribution in [0.4, 0.5) is 0 Å². The first-order chi connectivity index (χ1) is 8.16. The molecular weight excluding hydrogens is 218 g/mol. The van der Waals surface area contributed by atoms with Crippen molar-refractivity contribution in [3.63, 3.8) is 0 Å². The van der Waals surface area contributed by atoms with Crippen LogP contribution < -0.4 is 5.32 Å². The molecule has 88 valence electrons. The van der Waals surface area contributed by atoms with Gasteiger partial charge in [-0.15, -0.1) is 0 Å². The summed E-state index contributed by atoms with van der Waals surface area (Å²) in [7, 11) is 0. The van der Waals surface area contributed by atoms with E-state index in [1.54, 1.807) is 12.1 Å². The topological polar surface area (TPSA) is 55.4 Å². The summed E-state index contributed by atoms with van der Waals surface area (Å²) in [6.45, 7) is 2.83. The van der Waals surface area contributed by atoms with E-state index < -0.39 is 5.97 Å². The first-order valence-corrected chi connectivity index (χ1v) is 5.40. The van der Waals surface area contributed by atoms with Crippen LogP contribution in [0.2, 0.25) is 0 Å². The van der Waals surface area contributed by atoms with Gasteiger partial charge in [0.05, 0.1) is 0 Å². The Morgan fingerprint density at radius 1 is 1.35 bits per heavy atom. The molecule has 0 radical (unpaired) electrons. The van der Waals surface area contributed by atoms with Gasteiger partial charge in [0.2, 0.25) is 0 Å². The van der Waals surface area contributed by atoms with E-state index in [-0.39, 0.29) is 11.5 Å². The molecule has 17 heavy (non-hydrogen) atoms. The monoisotopic (exact) mass is 231 g/mol. The SMILES string of the molecule is Cc1ccc(C(=O)/C=C2\NCCOC2=O)cc1. The highest BCUT2D eigenvalue weighted by Crippen LogP contribution is 2.07. The third-order valence-corrected chi connectivity index (χ3v) is 2.48. The Kier molecular flexibility index (Phi) is 3.23. The van der Waals surface area contributed by atoms with Crippen molar-refractivity contribution in [3.05, 3.63) is 47.2 Å². The standard InChI is InChI=1S/C13H13NO3/c1-9-2-4-10(5-3-9)12(15)8-11-13(16)17-7-6-14-11/h2-5,8,14H,6-7H2,1H3/b11-8-. The zero-order chi connectivity index (χ0) is 12.3. The summed E-state index contributed by atoms with van der Waals surface area (Å²) in [5, 5.41) is 2.85. The van der Waals surface area contributed by atoms with Crippen molar-refractivity contribution in [1.82, 2.24) is 5.32 Å². The number of hydrogen-bond donors (Lipinski definition) is 1. The van der Waals surface area contributed by atoms with Gasteiger partial charge in [0, 0.05) is 18.2 Å². The molecule has 0 bridgehead atoms. The third-order valence-electron chi connectivity index (χ3n) is 2.48. The molecule has 1 aromatic rings. The van der Waals surface area contributed by atoms with Crippen LogP contribution in [0.15, 0.2) is 36.0 Å². The van der Waals surface area contributed by atoms with Crippen LogP contribution in [0.3, 0.4) is 0 Å². The Bertz CT molecular complexity index is 474. The lowest BCUT2D eigenvalue weighted by atomic mass is 10.1. The van der Waals surface area contributed by atoms with Gasteiger partial charge < -0.3 is 10.1 Å². The van der Waals surface area contributed by atoms with E-state index in [1.165, 1.54) is 6.08 Å². The molecule has 0 spiro atoms. The Morgan fingerprint density at radius 2 is 2.06 bits per heavy atom. The molecule has 0 amide bonds. The van der Waals surface area contributed by atoms with Gasteiger partial charge in [0.15, 0.2) is 5.78 Å². The number of carbonyl (C=O) groups is 2. The zero-order valence-electron chi connectivity index (χ0n) is 9.53. The summed E-state index contributed by atoms with van der Waals surface area (Å²) < 4.78 is 4.82. The molecule has 1 aromatic carbocycles. The van der Waals surface area contributed by atoms with E-state index >= 15 is 0 Å². The van der Waals surface area contributed by atoms with E-state index in [1.807, 2.05) is 19.1 Å². The maximum Gasteiger partial charge on any atom is 0.354 e. The quantitative estimate of drug-likeness (QED) is 0.472. The number of allylic oxidation sites excluding steroid dienone is 1. The molecule has 0 unspecified atom stereocenters. The Balaban J connectivity index is 2.17. The summed E-state index contributed by atoms with van der Waals surface area (Å²) >= 11 is 0. The van der Waals surface area contributed by atoms with Crippen LogP contribution in [-0.4, -0.2) is 24.9 Å². The van der Waals surface area contributed by atoms with Crippen molar-refractivity contribution < 1.29 is 14.3 Å². The van der Waals surface area contributed by atoms with E-state index in [0.29, 0.717) is 18.7 Å². The summed E-state index contributed by atoms with van der Waals surface area (Å²) in [6.07, 6.45) is 1.28. The van der Waals surface area contributed by atoms with E-state index in [2.05, 4.69) is 5.32 Å². The van der Waals surface area contributed by atoms with Crippen molar-refractivity contribution >= 4 is 11.8 Å². The lowest BCUT2D eigenvalue weighted by Gasteiger charge is -2.15. The molecule has 1 heterocycles. The van der Waals surface area contributed by atoms with Gasteiger partial charge in [0.25, 0.3) is 0 Å². The first-order valence-electron chi connectivity index (χ1n) is 5.40. The van der Waals surface area contributed by atoms with Crippen LogP contribution in [0.1, 0.15) is 15.9 Å². The van der Waals surface area contributed by atoms with Gasteiger partial charge in [-0.3, -0.25) is 4.79 Å². The van der Waals surface area contributed by atoms with Crippen LogP contribution >= 0.6 is 0 Å². The lowest BCUT2D eigenvalue weighted by molar-refractivity contribution is -0.141. The van der Waals surface area contributed by atoms with Crippen molar-refractivity contribution in [2.45, 2.75) is 6.92 Å². The highest BCUT2D eigenvalue weighted by molar-refractivity contribution is 6.08. The molecule has 0 saturated carbocycles. The molecule has 1 N–H and O–H groups in total. The van der Waals surface area contributed by atoms with Crippen LogP contribution in [0.5, 0.6) is 0 Å². The molecule has 4 nitrogen and oxygen atoms in total. The number of carbonyl (C=O) groups excluding carboxylic acids is 2. The highest BCUT2D eigenvalue weighted by atomic mass is 16.5. The summed E-state index contributed by atoms with van der Waals surface area (Å²) in [5.41, 5.74) is 1.87. The fraction of sp³-hybridized carbons (Fsp3) is 0.231. The Morgan fingerprint density at radius 3 is 2.71 bits per heavy atom. The normalized spacial score (nSPS) is 17.5. The average Bonchev–Trinajstić information content (AvgIpc) is 2.33. The van der Waals surface area contributed by atoms with E-state index in [0.717, 1.165) is 5.56 Å². The van der Waals surface area contributed by atoms with Crippen molar-refractivity contribution in [1.29, 1.82) is 0 Å². The number of aryl methyl sites for hydroxylation is 1. The lowest BCUT2D eigenvalue weighted by Crippen LogP contribution is -2.33. The minimum atomic E-state index is -0.475. The molecule has 0 aliphatic carbocycles. The molecule has 1 fully saturated rings. The van der Waals surface area contributed by atoms with Gasteiger partial charge in [-0.2, -0.15) is 0 Å². The van der Waals surface area contributed by atoms with Gasteiger partial charge in [-0.25, -0.2) is 4.79 Å². The van der Waals surface area contributed by atoms with Gasteiger partial charge >= 0.3 is 5.97 Å².